The van der Waals surface area contributed by atoms with Crippen molar-refractivity contribution in [2.24, 2.45) is 0 Å². The van der Waals surface area contributed by atoms with Crippen molar-refractivity contribution in [3.8, 4) is 5.75 Å². The Balaban J connectivity index is 2.17. The van der Waals surface area contributed by atoms with Gasteiger partial charge in [-0.2, -0.15) is 8.78 Å². The van der Waals surface area contributed by atoms with Crippen LogP contribution in [0.4, 0.5) is 14.5 Å². The SMILES string of the molecule is Cc1ncsc1C(C)Nc1ccccc1OC(F)F. The predicted octanol–water partition coefficient (Wildman–Crippen LogP) is 4.23. The Labute approximate surface area is 114 Å². The summed E-state index contributed by atoms with van der Waals surface area (Å²) in [6, 6.07) is 6.64. The summed E-state index contributed by atoms with van der Waals surface area (Å²) >= 11 is 1.53. The van der Waals surface area contributed by atoms with Crippen molar-refractivity contribution in [2.75, 3.05) is 5.32 Å². The summed E-state index contributed by atoms with van der Waals surface area (Å²) in [6.07, 6.45) is 0. The van der Waals surface area contributed by atoms with Crippen molar-refractivity contribution in [1.82, 2.24) is 4.98 Å². The van der Waals surface area contributed by atoms with E-state index >= 15 is 0 Å². The minimum Gasteiger partial charge on any atom is -0.433 e. The first-order valence-corrected chi connectivity index (χ1v) is 6.66. The van der Waals surface area contributed by atoms with Gasteiger partial charge in [-0.25, -0.2) is 4.98 Å². The van der Waals surface area contributed by atoms with Gasteiger partial charge in [0.05, 0.1) is 22.9 Å². The lowest BCUT2D eigenvalue weighted by Gasteiger charge is -2.17. The van der Waals surface area contributed by atoms with Gasteiger partial charge in [-0.15, -0.1) is 11.3 Å². The van der Waals surface area contributed by atoms with Crippen LogP contribution >= 0.6 is 11.3 Å². The van der Waals surface area contributed by atoms with Crippen molar-refractivity contribution >= 4 is 17.0 Å². The fraction of sp³-hybridized carbons (Fsp3) is 0.308. The zero-order valence-electron chi connectivity index (χ0n) is 10.6. The van der Waals surface area contributed by atoms with Crippen LogP contribution in [0.1, 0.15) is 23.5 Å². The highest BCUT2D eigenvalue weighted by Gasteiger charge is 2.14. The van der Waals surface area contributed by atoms with Crippen LogP contribution in [0.25, 0.3) is 0 Å². The van der Waals surface area contributed by atoms with E-state index in [-0.39, 0.29) is 11.8 Å². The number of nitrogens with zero attached hydrogens (tertiary/aromatic N) is 1. The number of anilines is 1. The number of alkyl halides is 2. The molecule has 0 aliphatic heterocycles. The van der Waals surface area contributed by atoms with E-state index in [1.807, 2.05) is 13.8 Å². The summed E-state index contributed by atoms with van der Waals surface area (Å²) in [5.41, 5.74) is 3.25. The second-order valence-electron chi connectivity index (χ2n) is 4.04. The molecule has 6 heteroatoms. The molecule has 19 heavy (non-hydrogen) atoms. The molecule has 1 unspecified atom stereocenters. The third-order valence-corrected chi connectivity index (χ3v) is 3.76. The average Bonchev–Trinajstić information content (AvgIpc) is 2.77. The highest BCUT2D eigenvalue weighted by Crippen LogP contribution is 2.31. The average molecular weight is 284 g/mol. The van der Waals surface area contributed by atoms with E-state index in [1.54, 1.807) is 23.7 Å². The van der Waals surface area contributed by atoms with Gasteiger partial charge < -0.3 is 10.1 Å². The third kappa shape index (κ3) is 3.41. The molecule has 2 rings (SSSR count). The van der Waals surface area contributed by atoms with Gasteiger partial charge in [-0.1, -0.05) is 12.1 Å². The Morgan fingerprint density at radius 3 is 2.68 bits per heavy atom. The van der Waals surface area contributed by atoms with Gasteiger partial charge in [0.15, 0.2) is 0 Å². The van der Waals surface area contributed by atoms with Gasteiger partial charge in [0, 0.05) is 4.88 Å². The number of halogens is 2. The summed E-state index contributed by atoms with van der Waals surface area (Å²) < 4.78 is 29.1. The van der Waals surface area contributed by atoms with Gasteiger partial charge in [-0.3, -0.25) is 0 Å². The normalized spacial score (nSPS) is 12.5. The molecule has 1 atom stereocenters. The van der Waals surface area contributed by atoms with Crippen LogP contribution in [-0.4, -0.2) is 11.6 Å². The van der Waals surface area contributed by atoms with Crippen LogP contribution in [0.15, 0.2) is 29.8 Å². The maximum Gasteiger partial charge on any atom is 0.387 e. The molecule has 0 aliphatic carbocycles. The summed E-state index contributed by atoms with van der Waals surface area (Å²) in [5.74, 6) is 0.145. The molecule has 0 bridgehead atoms. The van der Waals surface area contributed by atoms with Crippen LogP contribution in [0.2, 0.25) is 0 Å². The van der Waals surface area contributed by atoms with Crippen molar-refractivity contribution in [3.63, 3.8) is 0 Å². The van der Waals surface area contributed by atoms with E-state index in [0.717, 1.165) is 10.6 Å². The molecule has 102 valence electrons. The van der Waals surface area contributed by atoms with Crippen LogP contribution in [0, 0.1) is 6.92 Å². The minimum atomic E-state index is -2.83. The molecule has 0 aliphatic rings. The van der Waals surface area contributed by atoms with Gasteiger partial charge in [-0.05, 0) is 26.0 Å². The van der Waals surface area contributed by atoms with Gasteiger partial charge in [0.1, 0.15) is 5.75 Å². The molecular formula is C13H14F2N2OS. The first kappa shape index (κ1) is 13.7. The number of aryl methyl sites for hydroxylation is 1. The molecule has 0 saturated carbocycles. The Morgan fingerprint density at radius 1 is 1.32 bits per heavy atom. The zero-order chi connectivity index (χ0) is 13.8. The van der Waals surface area contributed by atoms with Crippen LogP contribution < -0.4 is 10.1 Å². The van der Waals surface area contributed by atoms with E-state index < -0.39 is 6.61 Å². The Kier molecular flexibility index (Phi) is 4.31. The highest BCUT2D eigenvalue weighted by atomic mass is 32.1. The minimum absolute atomic E-state index is 0.0186. The Morgan fingerprint density at radius 2 is 2.05 bits per heavy atom. The van der Waals surface area contributed by atoms with E-state index in [2.05, 4.69) is 15.0 Å². The number of ether oxygens (including phenoxy) is 1. The Bertz CT molecular complexity index is 545. The molecule has 0 spiro atoms. The topological polar surface area (TPSA) is 34.2 Å². The van der Waals surface area contributed by atoms with Crippen LogP contribution in [0.3, 0.4) is 0 Å². The standard InChI is InChI=1S/C13H14F2N2OS/c1-8-12(19-7-16-8)9(2)17-10-5-3-4-6-11(10)18-13(14)15/h3-7,9,13,17H,1-2H3. The monoisotopic (exact) mass is 284 g/mol. The second kappa shape index (κ2) is 5.97. The van der Waals surface area contributed by atoms with Gasteiger partial charge >= 0.3 is 6.61 Å². The fourth-order valence-electron chi connectivity index (χ4n) is 1.81. The molecule has 1 N–H and O–H groups in total. The third-order valence-electron chi connectivity index (χ3n) is 2.65. The number of hydrogen-bond donors (Lipinski definition) is 1. The molecule has 0 amide bonds. The van der Waals surface area contributed by atoms with Gasteiger partial charge in [0.2, 0.25) is 0 Å². The zero-order valence-corrected chi connectivity index (χ0v) is 11.4. The second-order valence-corrected chi connectivity index (χ2v) is 4.93. The molecular weight excluding hydrogens is 270 g/mol. The summed E-state index contributed by atoms with van der Waals surface area (Å²) in [7, 11) is 0. The van der Waals surface area contributed by atoms with Crippen LogP contribution in [-0.2, 0) is 0 Å². The van der Waals surface area contributed by atoms with Crippen molar-refractivity contribution in [1.29, 1.82) is 0 Å². The first-order chi connectivity index (χ1) is 9.08. The number of thiazole rings is 1. The lowest BCUT2D eigenvalue weighted by atomic mass is 10.2. The lowest BCUT2D eigenvalue weighted by molar-refractivity contribution is -0.0493. The van der Waals surface area contributed by atoms with Crippen molar-refractivity contribution in [3.05, 3.63) is 40.3 Å². The van der Waals surface area contributed by atoms with Crippen LogP contribution in [0.5, 0.6) is 5.75 Å². The quantitative estimate of drug-likeness (QED) is 0.892. The molecule has 1 heterocycles. The highest BCUT2D eigenvalue weighted by molar-refractivity contribution is 7.09. The molecule has 0 saturated heterocycles. The van der Waals surface area contributed by atoms with Crippen molar-refractivity contribution in [2.45, 2.75) is 26.5 Å². The lowest BCUT2D eigenvalue weighted by Crippen LogP contribution is -2.09. The largest absolute Gasteiger partial charge is 0.433 e. The van der Waals surface area contributed by atoms with Gasteiger partial charge in [0.25, 0.3) is 0 Å². The first-order valence-electron chi connectivity index (χ1n) is 5.78. The summed E-state index contributed by atoms with van der Waals surface area (Å²) in [6.45, 7) is 1.05. The smallest absolute Gasteiger partial charge is 0.387 e. The van der Waals surface area contributed by atoms with E-state index in [1.165, 1.54) is 17.4 Å². The number of hydrogen-bond acceptors (Lipinski definition) is 4. The number of nitrogens with one attached hydrogen (secondary N) is 1. The summed E-state index contributed by atoms with van der Waals surface area (Å²) in [4.78, 5) is 5.25. The number of aromatic nitrogens is 1. The molecule has 0 fully saturated rings. The Hall–Kier alpha value is -1.69. The summed E-state index contributed by atoms with van der Waals surface area (Å²) in [5, 5.41) is 3.17. The maximum absolute atomic E-state index is 12.3. The van der Waals surface area contributed by atoms with E-state index in [4.69, 9.17) is 0 Å². The molecule has 1 aromatic heterocycles. The number of benzene rings is 1. The molecule has 0 radical (unpaired) electrons. The maximum atomic E-state index is 12.3. The fourth-order valence-corrected chi connectivity index (χ4v) is 2.62. The molecule has 1 aromatic carbocycles. The number of rotatable bonds is 5. The molecule has 2 aromatic rings. The van der Waals surface area contributed by atoms with Crippen molar-refractivity contribution < 1.29 is 13.5 Å². The van der Waals surface area contributed by atoms with E-state index in [0.29, 0.717) is 5.69 Å². The van der Waals surface area contributed by atoms with E-state index in [9.17, 15) is 8.78 Å². The number of para-hydroxylation sites is 2. The molecule has 3 nitrogen and oxygen atoms in total. The predicted molar refractivity (Wildman–Crippen MR) is 72.0 cm³/mol.